The fourth-order valence-electron chi connectivity index (χ4n) is 1.37. The molecule has 0 saturated carbocycles. The van der Waals surface area contributed by atoms with Gasteiger partial charge in [0.2, 0.25) is 0 Å². The number of halogens is 2. The van der Waals surface area contributed by atoms with Crippen molar-refractivity contribution >= 4 is 40.4 Å². The van der Waals surface area contributed by atoms with Crippen LogP contribution in [0.25, 0.3) is 0 Å². The summed E-state index contributed by atoms with van der Waals surface area (Å²) in [5.74, 6) is 0.355. The van der Waals surface area contributed by atoms with E-state index in [2.05, 4.69) is 6.92 Å². The summed E-state index contributed by atoms with van der Waals surface area (Å²) in [5.41, 5.74) is 6.68. The van der Waals surface area contributed by atoms with Crippen LogP contribution in [-0.4, -0.2) is 4.99 Å². The quantitative estimate of drug-likeness (QED) is 0.832. The van der Waals surface area contributed by atoms with E-state index in [-0.39, 0.29) is 11.8 Å². The van der Waals surface area contributed by atoms with Crippen LogP contribution in [0.5, 0.6) is 0 Å². The van der Waals surface area contributed by atoms with E-state index in [9.17, 15) is 0 Å². The van der Waals surface area contributed by atoms with Gasteiger partial charge in [0.15, 0.2) is 0 Å². The summed E-state index contributed by atoms with van der Waals surface area (Å²) in [6.07, 6.45) is 0. The zero-order valence-corrected chi connectivity index (χ0v) is 11.0. The fourth-order valence-corrected chi connectivity index (χ4v) is 2.12. The van der Waals surface area contributed by atoms with Crippen molar-refractivity contribution in [3.8, 4) is 0 Å². The highest BCUT2D eigenvalue weighted by molar-refractivity contribution is 7.80. The molecule has 2 unspecified atom stereocenters. The van der Waals surface area contributed by atoms with Gasteiger partial charge in [-0.1, -0.05) is 49.3 Å². The summed E-state index contributed by atoms with van der Waals surface area (Å²) in [5, 5.41) is 1.28. The third-order valence-electron chi connectivity index (χ3n) is 2.61. The van der Waals surface area contributed by atoms with Crippen LogP contribution in [0, 0.1) is 5.92 Å². The van der Waals surface area contributed by atoms with Crippen molar-refractivity contribution in [1.82, 2.24) is 0 Å². The lowest BCUT2D eigenvalue weighted by molar-refractivity contribution is 0.627. The molecule has 0 saturated heterocycles. The molecule has 1 nitrogen and oxygen atoms in total. The zero-order valence-electron chi connectivity index (χ0n) is 8.63. The molecule has 1 rings (SSSR count). The highest BCUT2D eigenvalue weighted by Gasteiger charge is 2.17. The van der Waals surface area contributed by atoms with E-state index >= 15 is 0 Å². The molecule has 0 aliphatic heterocycles. The molecule has 0 aliphatic rings. The van der Waals surface area contributed by atoms with E-state index in [0.29, 0.717) is 15.0 Å². The Balaban J connectivity index is 3.00. The Morgan fingerprint density at radius 2 is 1.67 bits per heavy atom. The zero-order chi connectivity index (χ0) is 11.6. The molecule has 0 fully saturated rings. The molecule has 1 aromatic carbocycles. The molecule has 2 N–H and O–H groups in total. The van der Waals surface area contributed by atoms with Crippen LogP contribution in [0.3, 0.4) is 0 Å². The molecule has 82 valence electrons. The first-order valence-electron chi connectivity index (χ1n) is 4.67. The van der Waals surface area contributed by atoms with Crippen LogP contribution in [0.1, 0.15) is 25.3 Å². The van der Waals surface area contributed by atoms with E-state index in [1.54, 1.807) is 6.07 Å². The van der Waals surface area contributed by atoms with Crippen LogP contribution in [0.2, 0.25) is 10.0 Å². The summed E-state index contributed by atoms with van der Waals surface area (Å²) < 4.78 is 0. The van der Waals surface area contributed by atoms with Crippen molar-refractivity contribution in [2.24, 2.45) is 11.7 Å². The Kier molecular flexibility index (Phi) is 4.38. The van der Waals surface area contributed by atoms with Gasteiger partial charge in [0, 0.05) is 16.0 Å². The van der Waals surface area contributed by atoms with Crippen molar-refractivity contribution in [2.75, 3.05) is 0 Å². The molecule has 0 radical (unpaired) electrons. The summed E-state index contributed by atoms with van der Waals surface area (Å²) in [7, 11) is 0. The second-order valence-electron chi connectivity index (χ2n) is 3.68. The third kappa shape index (κ3) is 3.33. The van der Waals surface area contributed by atoms with Crippen LogP contribution in [0.4, 0.5) is 0 Å². The van der Waals surface area contributed by atoms with Gasteiger partial charge in [-0.25, -0.2) is 0 Å². The molecule has 15 heavy (non-hydrogen) atoms. The van der Waals surface area contributed by atoms with Crippen molar-refractivity contribution in [1.29, 1.82) is 0 Å². The molecular weight excluding hydrogens is 249 g/mol. The Labute approximate surface area is 106 Å². The Bertz CT molecular complexity index is 359. The molecule has 0 aromatic heterocycles. The van der Waals surface area contributed by atoms with Crippen molar-refractivity contribution in [3.63, 3.8) is 0 Å². The fraction of sp³-hybridized carbons (Fsp3) is 0.364. The summed E-state index contributed by atoms with van der Waals surface area (Å²) >= 11 is 16.8. The minimum atomic E-state index is 0.134. The number of hydrogen-bond acceptors (Lipinski definition) is 1. The lowest BCUT2D eigenvalue weighted by atomic mass is 9.89. The minimum Gasteiger partial charge on any atom is -0.393 e. The van der Waals surface area contributed by atoms with E-state index in [1.165, 1.54) is 0 Å². The first-order chi connectivity index (χ1) is 6.91. The van der Waals surface area contributed by atoms with Crippen molar-refractivity contribution < 1.29 is 0 Å². The van der Waals surface area contributed by atoms with Crippen molar-refractivity contribution in [3.05, 3.63) is 33.8 Å². The predicted molar refractivity (Wildman–Crippen MR) is 70.8 cm³/mol. The van der Waals surface area contributed by atoms with Gasteiger partial charge >= 0.3 is 0 Å². The van der Waals surface area contributed by atoms with Gasteiger partial charge in [-0.05, 0) is 29.7 Å². The highest BCUT2D eigenvalue weighted by atomic mass is 35.5. The van der Waals surface area contributed by atoms with Crippen LogP contribution in [0.15, 0.2) is 18.2 Å². The molecule has 2 atom stereocenters. The highest BCUT2D eigenvalue weighted by Crippen LogP contribution is 2.29. The standard InChI is InChI=1S/C11H13Cl2NS/c1-6(7(2)11(14)15)8-3-9(12)5-10(13)4-8/h3-7H,1-2H3,(H2,14,15). The largest absolute Gasteiger partial charge is 0.393 e. The Hall–Kier alpha value is -0.310. The topological polar surface area (TPSA) is 26.0 Å². The molecule has 0 bridgehead atoms. The van der Waals surface area contributed by atoms with E-state index in [0.717, 1.165) is 5.56 Å². The number of hydrogen-bond donors (Lipinski definition) is 1. The average Bonchev–Trinajstić information content (AvgIpc) is 2.13. The third-order valence-corrected chi connectivity index (χ3v) is 3.42. The first-order valence-corrected chi connectivity index (χ1v) is 5.83. The van der Waals surface area contributed by atoms with Gasteiger partial charge in [-0.3, -0.25) is 0 Å². The maximum absolute atomic E-state index is 5.93. The van der Waals surface area contributed by atoms with Crippen molar-refractivity contribution in [2.45, 2.75) is 19.8 Å². The summed E-state index contributed by atoms with van der Waals surface area (Å²) in [6.45, 7) is 4.06. The van der Waals surface area contributed by atoms with Crippen LogP contribution < -0.4 is 5.73 Å². The predicted octanol–water partition coefficient (Wildman–Crippen LogP) is 4.02. The maximum atomic E-state index is 5.93. The Morgan fingerprint density at radius 1 is 1.20 bits per heavy atom. The summed E-state index contributed by atoms with van der Waals surface area (Å²) in [4.78, 5) is 0.513. The Morgan fingerprint density at radius 3 is 2.07 bits per heavy atom. The van der Waals surface area contributed by atoms with Gasteiger partial charge in [-0.15, -0.1) is 0 Å². The molecule has 0 amide bonds. The summed E-state index contributed by atoms with van der Waals surface area (Å²) in [6, 6.07) is 5.50. The second kappa shape index (κ2) is 5.15. The van der Waals surface area contributed by atoms with Gasteiger partial charge in [0.05, 0.1) is 4.99 Å². The van der Waals surface area contributed by atoms with Gasteiger partial charge in [0.25, 0.3) is 0 Å². The van der Waals surface area contributed by atoms with E-state index in [1.807, 2.05) is 19.1 Å². The maximum Gasteiger partial charge on any atom is 0.0761 e. The van der Waals surface area contributed by atoms with Crippen LogP contribution >= 0.6 is 35.4 Å². The van der Waals surface area contributed by atoms with Gasteiger partial charge in [-0.2, -0.15) is 0 Å². The average molecular weight is 262 g/mol. The molecule has 1 aromatic rings. The lowest BCUT2D eigenvalue weighted by Gasteiger charge is -2.19. The van der Waals surface area contributed by atoms with Crippen LogP contribution in [-0.2, 0) is 0 Å². The molecule has 0 aliphatic carbocycles. The number of rotatable bonds is 3. The molecule has 0 spiro atoms. The normalized spacial score (nSPS) is 14.7. The monoisotopic (exact) mass is 261 g/mol. The first kappa shape index (κ1) is 12.8. The smallest absolute Gasteiger partial charge is 0.0761 e. The number of thiocarbonyl (C=S) groups is 1. The number of nitrogens with two attached hydrogens (primary N) is 1. The van der Waals surface area contributed by atoms with Gasteiger partial charge in [0.1, 0.15) is 0 Å². The second-order valence-corrected chi connectivity index (χ2v) is 5.03. The minimum absolute atomic E-state index is 0.134. The lowest BCUT2D eigenvalue weighted by Crippen LogP contribution is -2.23. The molecule has 4 heteroatoms. The van der Waals surface area contributed by atoms with Gasteiger partial charge < -0.3 is 5.73 Å². The van der Waals surface area contributed by atoms with E-state index < -0.39 is 0 Å². The number of benzene rings is 1. The molecular formula is C11H13Cl2NS. The molecule has 0 heterocycles. The SMILES string of the molecule is CC(C(N)=S)C(C)c1cc(Cl)cc(Cl)c1. The van der Waals surface area contributed by atoms with E-state index in [4.69, 9.17) is 41.2 Å².